The maximum Gasteiger partial charge on any atom is 0.250 e. The molecule has 2 amide bonds. The van der Waals surface area contributed by atoms with Crippen LogP contribution >= 0.6 is 0 Å². The molecule has 1 fully saturated rings. The standard InChI is InChI=1S/C25H32N4O4/c1-17(2)16-33-23-14-18(11-12-22(23)32-3)15-27-29-13-7-6-10-21(29)25(31)28-20-9-5-4-8-19(20)24(26)30/h4-5,8-9,11-12,14-15,17,21H,6-7,10,13,16H2,1-3H3,(H2,26,30)(H,28,31)/b27-15+. The summed E-state index contributed by atoms with van der Waals surface area (Å²) >= 11 is 0. The highest BCUT2D eigenvalue weighted by molar-refractivity contribution is 6.04. The zero-order chi connectivity index (χ0) is 23.8. The number of nitrogens with two attached hydrogens (primary N) is 1. The third-order valence-corrected chi connectivity index (χ3v) is 5.34. The van der Waals surface area contributed by atoms with Crippen molar-refractivity contribution in [2.45, 2.75) is 39.2 Å². The van der Waals surface area contributed by atoms with Gasteiger partial charge in [0.25, 0.3) is 5.91 Å². The van der Waals surface area contributed by atoms with E-state index in [2.05, 4.69) is 24.3 Å². The molecule has 8 nitrogen and oxygen atoms in total. The van der Waals surface area contributed by atoms with Gasteiger partial charge in [-0.2, -0.15) is 5.10 Å². The van der Waals surface area contributed by atoms with E-state index in [1.165, 1.54) is 0 Å². The van der Waals surface area contributed by atoms with E-state index in [4.69, 9.17) is 15.2 Å². The van der Waals surface area contributed by atoms with Gasteiger partial charge in [-0.25, -0.2) is 0 Å². The minimum atomic E-state index is -0.584. The molecule has 0 saturated carbocycles. The fraction of sp³-hybridized carbons (Fsp3) is 0.400. The Morgan fingerprint density at radius 3 is 2.73 bits per heavy atom. The van der Waals surface area contributed by atoms with E-state index in [0.29, 0.717) is 42.7 Å². The number of para-hydroxylation sites is 1. The number of methoxy groups -OCH3 is 1. The third kappa shape index (κ3) is 6.47. The second-order valence-electron chi connectivity index (χ2n) is 8.43. The first-order valence-corrected chi connectivity index (χ1v) is 11.2. The number of hydrazone groups is 1. The van der Waals surface area contributed by atoms with Gasteiger partial charge < -0.3 is 20.5 Å². The van der Waals surface area contributed by atoms with Crippen molar-refractivity contribution in [1.29, 1.82) is 0 Å². The van der Waals surface area contributed by atoms with Crippen LogP contribution in [-0.2, 0) is 4.79 Å². The Balaban J connectivity index is 1.75. The normalized spacial score (nSPS) is 16.1. The lowest BCUT2D eigenvalue weighted by Crippen LogP contribution is -2.44. The molecule has 2 aromatic carbocycles. The van der Waals surface area contributed by atoms with Crippen molar-refractivity contribution >= 4 is 23.7 Å². The van der Waals surface area contributed by atoms with Crippen LogP contribution in [0.4, 0.5) is 5.69 Å². The predicted molar refractivity (Wildman–Crippen MR) is 129 cm³/mol. The molecule has 1 unspecified atom stereocenters. The first kappa shape index (κ1) is 24.1. The van der Waals surface area contributed by atoms with E-state index in [-0.39, 0.29) is 11.5 Å². The van der Waals surface area contributed by atoms with Crippen molar-refractivity contribution in [3.63, 3.8) is 0 Å². The van der Waals surface area contributed by atoms with Gasteiger partial charge in [0.1, 0.15) is 6.04 Å². The van der Waals surface area contributed by atoms with E-state index in [9.17, 15) is 9.59 Å². The summed E-state index contributed by atoms with van der Waals surface area (Å²) in [6, 6.07) is 11.9. The second-order valence-corrected chi connectivity index (χ2v) is 8.43. The highest BCUT2D eigenvalue weighted by Gasteiger charge is 2.28. The number of benzene rings is 2. The van der Waals surface area contributed by atoms with Crippen molar-refractivity contribution in [3.8, 4) is 11.5 Å². The molecular formula is C25H32N4O4. The minimum absolute atomic E-state index is 0.212. The Hall–Kier alpha value is -3.55. The molecule has 1 saturated heterocycles. The molecule has 8 heteroatoms. The van der Waals surface area contributed by atoms with E-state index in [1.54, 1.807) is 42.6 Å². The summed E-state index contributed by atoms with van der Waals surface area (Å²) in [4.78, 5) is 24.7. The van der Waals surface area contributed by atoms with Gasteiger partial charge in [0.05, 0.1) is 31.2 Å². The lowest BCUT2D eigenvalue weighted by molar-refractivity contribution is -0.122. The topological polar surface area (TPSA) is 106 Å². The van der Waals surface area contributed by atoms with Gasteiger partial charge in [-0.05, 0) is 61.1 Å². The number of carbonyl (C=O) groups excluding carboxylic acids is 2. The Labute approximate surface area is 194 Å². The molecule has 0 radical (unpaired) electrons. The van der Waals surface area contributed by atoms with Crippen LogP contribution in [0.15, 0.2) is 47.6 Å². The Kier molecular flexibility index (Phi) is 8.29. The molecule has 176 valence electrons. The van der Waals surface area contributed by atoms with Crippen LogP contribution in [0.25, 0.3) is 0 Å². The summed E-state index contributed by atoms with van der Waals surface area (Å²) in [6.45, 7) is 5.42. The average molecular weight is 453 g/mol. The van der Waals surface area contributed by atoms with Crippen molar-refractivity contribution in [1.82, 2.24) is 5.01 Å². The van der Waals surface area contributed by atoms with E-state index in [1.807, 2.05) is 18.2 Å². The number of carbonyl (C=O) groups is 2. The summed E-state index contributed by atoms with van der Waals surface area (Å²) in [5.41, 5.74) is 6.97. The molecule has 2 aromatic rings. The van der Waals surface area contributed by atoms with Crippen molar-refractivity contribution in [3.05, 3.63) is 53.6 Å². The number of ether oxygens (including phenoxy) is 2. The number of nitrogens with zero attached hydrogens (tertiary/aromatic N) is 2. The molecule has 1 heterocycles. The maximum atomic E-state index is 13.0. The summed E-state index contributed by atoms with van der Waals surface area (Å²) in [5.74, 6) is 0.914. The summed E-state index contributed by atoms with van der Waals surface area (Å²) in [5, 5.41) is 9.25. The molecule has 0 aromatic heterocycles. The van der Waals surface area contributed by atoms with E-state index < -0.39 is 11.9 Å². The van der Waals surface area contributed by atoms with E-state index in [0.717, 1.165) is 18.4 Å². The number of amides is 2. The molecule has 0 aliphatic carbocycles. The zero-order valence-electron chi connectivity index (χ0n) is 19.4. The highest BCUT2D eigenvalue weighted by Crippen LogP contribution is 2.28. The van der Waals surface area contributed by atoms with Gasteiger partial charge in [0.2, 0.25) is 5.91 Å². The number of hydrogen-bond acceptors (Lipinski definition) is 6. The van der Waals surface area contributed by atoms with Gasteiger partial charge >= 0.3 is 0 Å². The number of nitrogens with one attached hydrogen (secondary N) is 1. The average Bonchev–Trinajstić information content (AvgIpc) is 2.81. The first-order chi connectivity index (χ1) is 15.9. The van der Waals surface area contributed by atoms with Crippen LogP contribution in [0.3, 0.4) is 0 Å². The third-order valence-electron chi connectivity index (χ3n) is 5.34. The molecular weight excluding hydrogens is 420 g/mol. The highest BCUT2D eigenvalue weighted by atomic mass is 16.5. The van der Waals surface area contributed by atoms with Crippen LogP contribution in [0.5, 0.6) is 11.5 Å². The largest absolute Gasteiger partial charge is 0.493 e. The number of anilines is 1. The molecule has 33 heavy (non-hydrogen) atoms. The van der Waals surface area contributed by atoms with Gasteiger partial charge in [-0.1, -0.05) is 26.0 Å². The zero-order valence-corrected chi connectivity index (χ0v) is 19.4. The van der Waals surface area contributed by atoms with Gasteiger partial charge in [-0.15, -0.1) is 0 Å². The van der Waals surface area contributed by atoms with Gasteiger partial charge in [0, 0.05) is 6.54 Å². The molecule has 1 atom stereocenters. The molecule has 0 spiro atoms. The van der Waals surface area contributed by atoms with Crippen LogP contribution in [0.1, 0.15) is 49.0 Å². The quantitative estimate of drug-likeness (QED) is 0.565. The Morgan fingerprint density at radius 2 is 2.00 bits per heavy atom. The van der Waals surface area contributed by atoms with Crippen LogP contribution in [-0.4, -0.2) is 49.3 Å². The SMILES string of the molecule is COc1ccc(/C=N/N2CCCCC2C(=O)Nc2ccccc2C(N)=O)cc1OCC(C)C. The van der Waals surface area contributed by atoms with E-state index >= 15 is 0 Å². The predicted octanol–water partition coefficient (Wildman–Crippen LogP) is 3.66. The minimum Gasteiger partial charge on any atom is -0.493 e. The number of piperidine rings is 1. The van der Waals surface area contributed by atoms with Crippen molar-refractivity contribution in [2.24, 2.45) is 16.8 Å². The monoisotopic (exact) mass is 452 g/mol. The molecule has 0 bridgehead atoms. The van der Waals surface area contributed by atoms with Crippen LogP contribution in [0, 0.1) is 5.92 Å². The van der Waals surface area contributed by atoms with Crippen molar-refractivity contribution < 1.29 is 19.1 Å². The fourth-order valence-corrected chi connectivity index (χ4v) is 3.63. The van der Waals surface area contributed by atoms with Crippen molar-refractivity contribution in [2.75, 3.05) is 25.6 Å². The first-order valence-electron chi connectivity index (χ1n) is 11.2. The second kappa shape index (κ2) is 11.4. The lowest BCUT2D eigenvalue weighted by atomic mass is 10.0. The fourth-order valence-electron chi connectivity index (χ4n) is 3.63. The smallest absolute Gasteiger partial charge is 0.250 e. The van der Waals surface area contributed by atoms with Crippen LogP contribution < -0.4 is 20.5 Å². The maximum absolute atomic E-state index is 13.0. The molecule has 1 aliphatic heterocycles. The van der Waals surface area contributed by atoms with Crippen LogP contribution in [0.2, 0.25) is 0 Å². The number of hydrogen-bond donors (Lipinski definition) is 2. The summed E-state index contributed by atoms with van der Waals surface area (Å²) in [6.07, 6.45) is 4.28. The molecule has 3 N–H and O–H groups in total. The molecule has 1 aliphatic rings. The lowest BCUT2D eigenvalue weighted by Gasteiger charge is -2.32. The van der Waals surface area contributed by atoms with Gasteiger partial charge in [-0.3, -0.25) is 14.6 Å². The Morgan fingerprint density at radius 1 is 1.21 bits per heavy atom. The molecule has 3 rings (SSSR count). The Bertz CT molecular complexity index is 1010. The number of rotatable bonds is 9. The summed E-state index contributed by atoms with van der Waals surface area (Å²) < 4.78 is 11.3. The van der Waals surface area contributed by atoms with Gasteiger partial charge in [0.15, 0.2) is 11.5 Å². The number of primary amides is 1. The summed E-state index contributed by atoms with van der Waals surface area (Å²) in [7, 11) is 1.61.